The molecule has 0 radical (unpaired) electrons. The van der Waals surface area contributed by atoms with Crippen LogP contribution in [0.3, 0.4) is 0 Å². The Morgan fingerprint density at radius 1 is 1.55 bits per heavy atom. The summed E-state index contributed by atoms with van der Waals surface area (Å²) in [7, 11) is 0. The van der Waals surface area contributed by atoms with Crippen LogP contribution in [0.1, 0.15) is 5.56 Å². The van der Waals surface area contributed by atoms with Crippen molar-refractivity contribution in [3.8, 4) is 0 Å². The molecule has 0 saturated carbocycles. The van der Waals surface area contributed by atoms with E-state index in [1.165, 1.54) is 0 Å². The lowest BCUT2D eigenvalue weighted by Gasteiger charge is -1.94. The van der Waals surface area contributed by atoms with E-state index in [0.717, 1.165) is 11.1 Å². The van der Waals surface area contributed by atoms with E-state index in [1.54, 1.807) is 4.52 Å². The Labute approximate surface area is 63.6 Å². The summed E-state index contributed by atoms with van der Waals surface area (Å²) in [6.45, 7) is 1.98. The van der Waals surface area contributed by atoms with Crippen LogP contribution < -0.4 is 5.73 Å². The molecule has 2 aromatic rings. The van der Waals surface area contributed by atoms with Crippen LogP contribution in [0.15, 0.2) is 18.3 Å². The molecule has 0 saturated heterocycles. The zero-order valence-electron chi connectivity index (χ0n) is 6.15. The molecule has 2 heterocycles. The first kappa shape index (κ1) is 6.15. The number of nitrogen functional groups attached to an aromatic ring is 1. The molecule has 4 heteroatoms. The molecule has 56 valence electrons. The maximum absolute atomic E-state index is 5.58. The summed E-state index contributed by atoms with van der Waals surface area (Å²) in [5, 5.41) is 7.57. The maximum Gasteiger partial charge on any atom is 0.174 e. The summed E-state index contributed by atoms with van der Waals surface area (Å²) < 4.78 is 1.67. The minimum Gasteiger partial charge on any atom is -0.380 e. The molecule has 11 heavy (non-hydrogen) atoms. The SMILES string of the molecule is Cc1cccn2nnc(N)c12. The molecule has 2 rings (SSSR count). The third-order valence-corrected chi connectivity index (χ3v) is 1.67. The Balaban J connectivity index is 2.96. The first-order valence-corrected chi connectivity index (χ1v) is 3.35. The number of anilines is 1. The average molecular weight is 148 g/mol. The minimum absolute atomic E-state index is 0.489. The quantitative estimate of drug-likeness (QED) is 0.595. The lowest BCUT2D eigenvalue weighted by atomic mass is 10.2. The lowest BCUT2D eigenvalue weighted by Crippen LogP contribution is -1.89. The minimum atomic E-state index is 0.489. The first-order valence-electron chi connectivity index (χ1n) is 3.35. The van der Waals surface area contributed by atoms with Gasteiger partial charge in [-0.15, -0.1) is 5.10 Å². The highest BCUT2D eigenvalue weighted by Gasteiger charge is 2.02. The van der Waals surface area contributed by atoms with E-state index in [2.05, 4.69) is 10.3 Å². The van der Waals surface area contributed by atoms with Gasteiger partial charge >= 0.3 is 0 Å². The second kappa shape index (κ2) is 1.95. The van der Waals surface area contributed by atoms with Gasteiger partial charge in [-0.1, -0.05) is 11.3 Å². The van der Waals surface area contributed by atoms with Crippen LogP contribution in [0, 0.1) is 6.92 Å². The van der Waals surface area contributed by atoms with Crippen LogP contribution in [0.2, 0.25) is 0 Å². The highest BCUT2D eigenvalue weighted by molar-refractivity contribution is 5.68. The molecule has 0 spiro atoms. The lowest BCUT2D eigenvalue weighted by molar-refractivity contribution is 0.855. The van der Waals surface area contributed by atoms with Crippen molar-refractivity contribution in [2.45, 2.75) is 6.92 Å². The third kappa shape index (κ3) is 0.756. The Kier molecular flexibility index (Phi) is 1.09. The van der Waals surface area contributed by atoms with E-state index in [-0.39, 0.29) is 0 Å². The molecule has 0 aliphatic heterocycles. The van der Waals surface area contributed by atoms with Crippen molar-refractivity contribution in [1.82, 2.24) is 14.8 Å². The van der Waals surface area contributed by atoms with Crippen molar-refractivity contribution in [2.24, 2.45) is 0 Å². The second-order valence-electron chi connectivity index (χ2n) is 2.46. The molecule has 0 aliphatic rings. The van der Waals surface area contributed by atoms with Gasteiger partial charge in [-0.05, 0) is 18.6 Å². The van der Waals surface area contributed by atoms with Gasteiger partial charge in [-0.25, -0.2) is 4.52 Å². The van der Waals surface area contributed by atoms with Crippen LogP contribution >= 0.6 is 0 Å². The van der Waals surface area contributed by atoms with Crippen molar-refractivity contribution in [1.29, 1.82) is 0 Å². The number of aryl methyl sites for hydroxylation is 1. The number of rotatable bonds is 0. The topological polar surface area (TPSA) is 56.2 Å². The van der Waals surface area contributed by atoms with Crippen LogP contribution in [0.5, 0.6) is 0 Å². The fourth-order valence-electron chi connectivity index (χ4n) is 1.14. The predicted molar refractivity (Wildman–Crippen MR) is 42.1 cm³/mol. The standard InChI is InChI=1S/C7H8N4/c1-5-3-2-4-11-6(5)7(8)9-10-11/h2-4H,8H2,1H3. The molecular weight excluding hydrogens is 140 g/mol. The Morgan fingerprint density at radius 3 is 3.09 bits per heavy atom. The number of nitrogens with two attached hydrogens (primary N) is 1. The molecule has 0 aliphatic carbocycles. The van der Waals surface area contributed by atoms with Gasteiger partial charge in [0.05, 0.1) is 0 Å². The van der Waals surface area contributed by atoms with Crippen LogP contribution in [-0.2, 0) is 0 Å². The summed E-state index contributed by atoms with van der Waals surface area (Å²) >= 11 is 0. The van der Waals surface area contributed by atoms with Crippen LogP contribution in [0.4, 0.5) is 5.82 Å². The molecule has 0 fully saturated rings. The monoisotopic (exact) mass is 148 g/mol. The summed E-state index contributed by atoms with van der Waals surface area (Å²) in [5.41, 5.74) is 7.57. The fraction of sp³-hybridized carbons (Fsp3) is 0.143. The van der Waals surface area contributed by atoms with Gasteiger partial charge in [0, 0.05) is 6.20 Å². The van der Waals surface area contributed by atoms with E-state index in [9.17, 15) is 0 Å². The maximum atomic E-state index is 5.58. The van der Waals surface area contributed by atoms with Crippen LogP contribution in [-0.4, -0.2) is 14.8 Å². The van der Waals surface area contributed by atoms with Crippen molar-refractivity contribution in [3.63, 3.8) is 0 Å². The molecule has 2 aromatic heterocycles. The number of pyridine rings is 1. The normalized spacial score (nSPS) is 10.6. The molecule has 4 nitrogen and oxygen atoms in total. The van der Waals surface area contributed by atoms with E-state index < -0.39 is 0 Å². The van der Waals surface area contributed by atoms with Gasteiger partial charge in [0.1, 0.15) is 5.52 Å². The second-order valence-corrected chi connectivity index (χ2v) is 2.46. The van der Waals surface area contributed by atoms with Gasteiger partial charge in [-0.3, -0.25) is 0 Å². The van der Waals surface area contributed by atoms with Gasteiger partial charge in [0.2, 0.25) is 0 Å². The molecule has 2 N–H and O–H groups in total. The largest absolute Gasteiger partial charge is 0.380 e. The molecule has 0 amide bonds. The molecule has 0 atom stereocenters. The Morgan fingerprint density at radius 2 is 2.36 bits per heavy atom. The number of hydrogen-bond acceptors (Lipinski definition) is 3. The zero-order chi connectivity index (χ0) is 7.84. The van der Waals surface area contributed by atoms with E-state index in [0.29, 0.717) is 5.82 Å². The van der Waals surface area contributed by atoms with Gasteiger partial charge in [-0.2, -0.15) is 0 Å². The summed E-state index contributed by atoms with van der Waals surface area (Å²) in [6, 6.07) is 3.89. The highest BCUT2D eigenvalue weighted by atomic mass is 15.4. The smallest absolute Gasteiger partial charge is 0.174 e. The summed E-state index contributed by atoms with van der Waals surface area (Å²) in [6.07, 6.45) is 1.83. The molecule has 0 bridgehead atoms. The number of aromatic nitrogens is 3. The molecule has 0 unspecified atom stereocenters. The highest BCUT2D eigenvalue weighted by Crippen LogP contribution is 2.13. The zero-order valence-corrected chi connectivity index (χ0v) is 6.15. The van der Waals surface area contributed by atoms with Gasteiger partial charge in [0.25, 0.3) is 0 Å². The van der Waals surface area contributed by atoms with Crippen molar-refractivity contribution in [2.75, 3.05) is 5.73 Å². The molecular formula is C7H8N4. The fourth-order valence-corrected chi connectivity index (χ4v) is 1.14. The Hall–Kier alpha value is -1.58. The van der Waals surface area contributed by atoms with Crippen LogP contribution in [0.25, 0.3) is 5.52 Å². The van der Waals surface area contributed by atoms with Gasteiger partial charge in [0.15, 0.2) is 5.82 Å². The van der Waals surface area contributed by atoms with E-state index >= 15 is 0 Å². The average Bonchev–Trinajstić information content (AvgIpc) is 2.34. The van der Waals surface area contributed by atoms with E-state index in [4.69, 9.17) is 5.73 Å². The predicted octanol–water partition coefficient (Wildman–Crippen LogP) is 0.620. The summed E-state index contributed by atoms with van der Waals surface area (Å²) in [4.78, 5) is 0. The number of hydrogen-bond donors (Lipinski definition) is 1. The van der Waals surface area contributed by atoms with Gasteiger partial charge < -0.3 is 5.73 Å². The number of fused-ring (bicyclic) bond motifs is 1. The van der Waals surface area contributed by atoms with E-state index in [1.807, 2.05) is 25.3 Å². The van der Waals surface area contributed by atoms with Crippen molar-refractivity contribution < 1.29 is 0 Å². The van der Waals surface area contributed by atoms with Crippen molar-refractivity contribution >= 4 is 11.3 Å². The first-order chi connectivity index (χ1) is 5.29. The van der Waals surface area contributed by atoms with Crippen molar-refractivity contribution in [3.05, 3.63) is 23.9 Å². The number of nitrogens with zero attached hydrogens (tertiary/aromatic N) is 3. The molecule has 0 aromatic carbocycles. The third-order valence-electron chi connectivity index (χ3n) is 1.67. The summed E-state index contributed by atoms with van der Waals surface area (Å²) in [5.74, 6) is 0.489. The Bertz CT molecular complexity index is 390.